The number of carbonyl (C=O) groups excluding carboxylic acids is 3. The first kappa shape index (κ1) is 13.7. The van der Waals surface area contributed by atoms with Crippen molar-refractivity contribution in [2.45, 2.75) is 0 Å². The SMILES string of the molecule is NNC(=O)C1=CN(C(=O)NN)NN(C(=O)NN)C1. The summed E-state index contributed by atoms with van der Waals surface area (Å²) in [5.41, 5.74) is 7.92. The van der Waals surface area contributed by atoms with Crippen LogP contribution in [-0.4, -0.2) is 34.5 Å². The van der Waals surface area contributed by atoms with Crippen LogP contribution in [0.2, 0.25) is 0 Å². The maximum Gasteiger partial charge on any atom is 0.351 e. The standard InChI is InChI=1S/C6H13N9O3/c7-10-4(16)3-1-14(5(17)11-8)13-15(2-3)6(18)12-9/h1,13H,2,7-9H2,(H,10,16)(H,11,17)(H,12,18). The first-order valence-electron chi connectivity index (χ1n) is 4.59. The van der Waals surface area contributed by atoms with E-state index in [0.29, 0.717) is 0 Å². The van der Waals surface area contributed by atoms with Crippen molar-refractivity contribution in [1.29, 1.82) is 0 Å². The van der Waals surface area contributed by atoms with Gasteiger partial charge in [0, 0.05) is 6.20 Å². The van der Waals surface area contributed by atoms with E-state index >= 15 is 0 Å². The summed E-state index contributed by atoms with van der Waals surface area (Å²) in [5.74, 6) is 14.2. The minimum absolute atomic E-state index is 0.0449. The maximum atomic E-state index is 11.4. The van der Waals surface area contributed by atoms with Crippen molar-refractivity contribution < 1.29 is 14.4 Å². The van der Waals surface area contributed by atoms with Gasteiger partial charge in [-0.3, -0.25) is 21.1 Å². The van der Waals surface area contributed by atoms with Gasteiger partial charge in [-0.15, -0.1) is 5.53 Å². The number of carbonyl (C=O) groups is 3. The predicted molar refractivity (Wildman–Crippen MR) is 57.5 cm³/mol. The molecule has 1 heterocycles. The number of hydrogen-bond acceptors (Lipinski definition) is 7. The van der Waals surface area contributed by atoms with Gasteiger partial charge in [0.2, 0.25) is 0 Å². The second kappa shape index (κ2) is 5.78. The summed E-state index contributed by atoms with van der Waals surface area (Å²) in [6, 6.07) is -1.56. The molecule has 1 aliphatic heterocycles. The number of amides is 5. The van der Waals surface area contributed by atoms with Gasteiger partial charge in [-0.1, -0.05) is 0 Å². The minimum Gasteiger partial charge on any atom is -0.290 e. The Bertz CT molecular complexity index is 394. The Morgan fingerprint density at radius 3 is 2.22 bits per heavy atom. The molecule has 0 unspecified atom stereocenters. The molecule has 0 fully saturated rings. The average Bonchev–Trinajstić information content (AvgIpc) is 2.43. The van der Waals surface area contributed by atoms with Crippen LogP contribution in [-0.2, 0) is 4.79 Å². The van der Waals surface area contributed by atoms with E-state index in [0.717, 1.165) is 16.2 Å². The molecule has 0 aromatic rings. The van der Waals surface area contributed by atoms with E-state index in [-0.39, 0.29) is 12.1 Å². The van der Waals surface area contributed by atoms with Gasteiger partial charge in [0.1, 0.15) is 0 Å². The number of nitrogens with zero attached hydrogens (tertiary/aromatic N) is 2. The molecule has 0 saturated carbocycles. The van der Waals surface area contributed by atoms with Gasteiger partial charge in [0.15, 0.2) is 0 Å². The number of rotatable bonds is 1. The predicted octanol–water partition coefficient (Wildman–Crippen LogP) is -3.94. The highest BCUT2D eigenvalue weighted by Gasteiger charge is 2.27. The number of nitrogens with one attached hydrogen (secondary N) is 4. The van der Waals surface area contributed by atoms with Crippen LogP contribution >= 0.6 is 0 Å². The quantitative estimate of drug-likeness (QED) is 0.142. The summed E-state index contributed by atoms with van der Waals surface area (Å²) in [5, 5.41) is 1.66. The third-order valence-corrected chi connectivity index (χ3v) is 1.98. The third-order valence-electron chi connectivity index (χ3n) is 1.98. The minimum atomic E-state index is -0.799. The monoisotopic (exact) mass is 259 g/mol. The molecule has 0 aromatic carbocycles. The van der Waals surface area contributed by atoms with Gasteiger partial charge < -0.3 is 0 Å². The lowest BCUT2D eigenvalue weighted by atomic mass is 10.2. The molecule has 1 rings (SSSR count). The zero-order valence-electron chi connectivity index (χ0n) is 9.14. The second-order valence-electron chi connectivity index (χ2n) is 3.08. The van der Waals surface area contributed by atoms with E-state index < -0.39 is 18.0 Å². The molecule has 12 heteroatoms. The van der Waals surface area contributed by atoms with E-state index in [1.165, 1.54) is 0 Å². The van der Waals surface area contributed by atoms with Crippen LogP contribution in [0.15, 0.2) is 11.8 Å². The number of hydrazine groups is 5. The van der Waals surface area contributed by atoms with E-state index in [1.54, 1.807) is 0 Å². The summed E-state index contributed by atoms with van der Waals surface area (Å²) >= 11 is 0. The fraction of sp³-hybridized carbons (Fsp3) is 0.167. The van der Waals surface area contributed by atoms with Gasteiger partial charge in [-0.25, -0.2) is 37.1 Å². The Kier molecular flexibility index (Phi) is 4.39. The average molecular weight is 259 g/mol. The topological polar surface area (TPSA) is 184 Å². The normalized spacial score (nSPS) is 14.7. The highest BCUT2D eigenvalue weighted by molar-refractivity contribution is 5.94. The smallest absolute Gasteiger partial charge is 0.290 e. The molecule has 0 spiro atoms. The maximum absolute atomic E-state index is 11.4. The number of nitrogens with two attached hydrogens (primary N) is 3. The van der Waals surface area contributed by atoms with Crippen molar-refractivity contribution in [1.82, 2.24) is 31.8 Å². The Morgan fingerprint density at radius 2 is 1.72 bits per heavy atom. The van der Waals surface area contributed by atoms with Crippen molar-refractivity contribution in [3.8, 4) is 0 Å². The summed E-state index contributed by atoms with van der Waals surface area (Å²) in [6.45, 7) is -0.152. The summed E-state index contributed by atoms with van der Waals surface area (Å²) in [7, 11) is 0. The largest absolute Gasteiger partial charge is 0.351 e. The Balaban J connectivity index is 2.95. The molecule has 100 valence electrons. The molecule has 0 aromatic heterocycles. The first-order valence-corrected chi connectivity index (χ1v) is 4.59. The van der Waals surface area contributed by atoms with Gasteiger partial charge >= 0.3 is 12.1 Å². The van der Waals surface area contributed by atoms with Crippen LogP contribution in [0.3, 0.4) is 0 Å². The molecule has 10 N–H and O–H groups in total. The van der Waals surface area contributed by atoms with E-state index in [1.807, 2.05) is 16.3 Å². The molecule has 0 bridgehead atoms. The molecular formula is C6H13N9O3. The molecule has 5 amide bonds. The van der Waals surface area contributed by atoms with Crippen LogP contribution in [0.4, 0.5) is 9.59 Å². The molecule has 12 nitrogen and oxygen atoms in total. The van der Waals surface area contributed by atoms with E-state index in [2.05, 4.69) is 5.53 Å². The van der Waals surface area contributed by atoms with Crippen LogP contribution in [0, 0.1) is 0 Å². The fourth-order valence-electron chi connectivity index (χ4n) is 1.15. The van der Waals surface area contributed by atoms with Crippen molar-refractivity contribution >= 4 is 18.0 Å². The Hall–Kier alpha value is -2.41. The Labute approximate surface area is 101 Å². The Morgan fingerprint density at radius 1 is 1.11 bits per heavy atom. The molecule has 0 saturated heterocycles. The van der Waals surface area contributed by atoms with Crippen molar-refractivity contribution in [2.75, 3.05) is 6.54 Å². The first-order chi connectivity index (χ1) is 8.53. The summed E-state index contributed by atoms with van der Waals surface area (Å²) in [6.07, 6.45) is 1.13. The van der Waals surface area contributed by atoms with Gasteiger partial charge in [-0.05, 0) is 0 Å². The highest BCUT2D eigenvalue weighted by atomic mass is 16.2. The van der Waals surface area contributed by atoms with Crippen LogP contribution in [0.1, 0.15) is 0 Å². The molecule has 0 radical (unpaired) electrons. The lowest BCUT2D eigenvalue weighted by Gasteiger charge is -2.33. The van der Waals surface area contributed by atoms with Gasteiger partial charge in [0.05, 0.1) is 12.1 Å². The van der Waals surface area contributed by atoms with Crippen molar-refractivity contribution in [3.63, 3.8) is 0 Å². The summed E-state index contributed by atoms with van der Waals surface area (Å²) < 4.78 is 0. The van der Waals surface area contributed by atoms with Crippen LogP contribution < -0.4 is 39.3 Å². The van der Waals surface area contributed by atoms with Crippen LogP contribution in [0.25, 0.3) is 0 Å². The van der Waals surface area contributed by atoms with Crippen LogP contribution in [0.5, 0.6) is 0 Å². The van der Waals surface area contributed by atoms with Gasteiger partial charge in [0.25, 0.3) is 5.91 Å². The number of hydrogen-bond donors (Lipinski definition) is 7. The zero-order chi connectivity index (χ0) is 13.7. The number of urea groups is 2. The van der Waals surface area contributed by atoms with Gasteiger partial charge in [-0.2, -0.15) is 0 Å². The van der Waals surface area contributed by atoms with E-state index in [9.17, 15) is 14.4 Å². The van der Waals surface area contributed by atoms with Crippen molar-refractivity contribution in [3.05, 3.63) is 11.8 Å². The summed E-state index contributed by atoms with van der Waals surface area (Å²) in [4.78, 5) is 34.0. The molecular weight excluding hydrogens is 246 g/mol. The van der Waals surface area contributed by atoms with E-state index in [4.69, 9.17) is 17.5 Å². The second-order valence-corrected chi connectivity index (χ2v) is 3.08. The third kappa shape index (κ3) is 2.83. The molecule has 0 aliphatic carbocycles. The molecule has 0 atom stereocenters. The molecule has 18 heavy (non-hydrogen) atoms. The zero-order valence-corrected chi connectivity index (χ0v) is 9.14. The fourth-order valence-corrected chi connectivity index (χ4v) is 1.15. The lowest BCUT2D eigenvalue weighted by molar-refractivity contribution is -0.118. The highest BCUT2D eigenvalue weighted by Crippen LogP contribution is 2.07. The molecule has 1 aliphatic rings. The van der Waals surface area contributed by atoms with Crippen molar-refractivity contribution in [2.24, 2.45) is 17.5 Å². The lowest BCUT2D eigenvalue weighted by Crippen LogP contribution is -2.62.